The highest BCUT2D eigenvalue weighted by atomic mass is 32.1. The second kappa shape index (κ2) is 7.28. The van der Waals surface area contributed by atoms with Crippen molar-refractivity contribution in [2.45, 2.75) is 25.9 Å². The predicted octanol–water partition coefficient (Wildman–Crippen LogP) is 3.00. The number of para-hydroxylation sites is 1. The summed E-state index contributed by atoms with van der Waals surface area (Å²) in [6.45, 7) is 2.31. The average molecular weight is 398 g/mol. The molecule has 144 valence electrons. The monoisotopic (exact) mass is 398 g/mol. The van der Waals surface area contributed by atoms with E-state index in [2.05, 4.69) is 4.98 Å². The van der Waals surface area contributed by atoms with Gasteiger partial charge in [-0.1, -0.05) is 23.5 Å². The molecule has 1 fully saturated rings. The summed E-state index contributed by atoms with van der Waals surface area (Å²) in [5, 5.41) is 0.534. The van der Waals surface area contributed by atoms with Gasteiger partial charge in [0.15, 0.2) is 0 Å². The highest BCUT2D eigenvalue weighted by molar-refractivity contribution is 7.22. The van der Waals surface area contributed by atoms with Gasteiger partial charge in [-0.05, 0) is 31.9 Å². The average Bonchev–Trinajstić information content (AvgIpc) is 3.29. The number of Topliss-reactive ketones (excluding diaryl/α,β-unsaturated/α-hetero) is 1. The van der Waals surface area contributed by atoms with E-state index < -0.39 is 23.4 Å². The van der Waals surface area contributed by atoms with E-state index in [1.54, 1.807) is 29.2 Å². The van der Waals surface area contributed by atoms with Crippen LogP contribution in [-0.2, 0) is 9.59 Å². The lowest BCUT2D eigenvalue weighted by Gasteiger charge is -2.23. The fourth-order valence-corrected chi connectivity index (χ4v) is 3.83. The summed E-state index contributed by atoms with van der Waals surface area (Å²) in [4.78, 5) is 30.5. The molecule has 0 aliphatic carbocycles. The fourth-order valence-electron chi connectivity index (χ4n) is 2.94. The van der Waals surface area contributed by atoms with Crippen LogP contribution in [0.4, 0.5) is 18.3 Å². The van der Waals surface area contributed by atoms with Gasteiger partial charge in [0.05, 0.1) is 10.2 Å². The second-order valence-corrected chi connectivity index (χ2v) is 7.13. The van der Waals surface area contributed by atoms with Crippen molar-refractivity contribution >= 4 is 38.4 Å². The molecule has 0 spiro atoms. The van der Waals surface area contributed by atoms with Crippen molar-refractivity contribution in [2.75, 3.05) is 18.1 Å². The molecule has 1 aliphatic heterocycles. The lowest BCUT2D eigenvalue weighted by atomic mass is 10.1. The van der Waals surface area contributed by atoms with Gasteiger partial charge in [0, 0.05) is 18.8 Å². The Kier molecular flexibility index (Phi) is 5.20. The van der Waals surface area contributed by atoms with E-state index in [9.17, 15) is 22.8 Å². The van der Waals surface area contributed by atoms with Crippen molar-refractivity contribution in [3.05, 3.63) is 35.5 Å². The van der Waals surface area contributed by atoms with Crippen LogP contribution in [0.2, 0.25) is 0 Å². The summed E-state index contributed by atoms with van der Waals surface area (Å²) in [5.41, 5.74) is -0.424. The zero-order valence-corrected chi connectivity index (χ0v) is 15.2. The third-order valence-corrected chi connectivity index (χ3v) is 5.38. The number of likely N-dealkylation sites (tertiary alicyclic amines) is 1. The van der Waals surface area contributed by atoms with Crippen molar-refractivity contribution < 1.29 is 22.8 Å². The lowest BCUT2D eigenvalue weighted by Crippen LogP contribution is -2.44. The molecule has 1 amide bonds. The Morgan fingerprint density at radius 1 is 1.22 bits per heavy atom. The van der Waals surface area contributed by atoms with Crippen LogP contribution in [0.3, 0.4) is 0 Å². The number of anilines is 1. The van der Waals surface area contributed by atoms with Crippen molar-refractivity contribution in [1.82, 2.24) is 9.88 Å². The third kappa shape index (κ3) is 3.81. The minimum absolute atomic E-state index is 0.0166. The molecule has 2 heterocycles. The smallest absolute Gasteiger partial charge is 0.374 e. The number of halogens is 3. The Balaban J connectivity index is 2.01. The molecule has 2 N–H and O–H groups in total. The lowest BCUT2D eigenvalue weighted by molar-refractivity contribution is -0.167. The number of nitrogens with zero attached hydrogens (tertiary/aromatic N) is 3. The molecule has 10 heteroatoms. The van der Waals surface area contributed by atoms with Crippen LogP contribution in [0.5, 0.6) is 0 Å². The number of nitrogens with two attached hydrogens (primary N) is 1. The number of ketones is 1. The SMILES string of the molecule is CC(=C(C(=O)N(N)c1nc2ccccc2s1)C(=O)C(F)(F)F)N1CCCC1. The van der Waals surface area contributed by atoms with Gasteiger partial charge in [0.2, 0.25) is 5.13 Å². The van der Waals surface area contributed by atoms with Crippen molar-refractivity contribution in [3.8, 4) is 0 Å². The van der Waals surface area contributed by atoms with Crippen LogP contribution in [0.1, 0.15) is 19.8 Å². The number of allylic oxidation sites excluding steroid dienone is 1. The van der Waals surface area contributed by atoms with Crippen LogP contribution < -0.4 is 10.9 Å². The van der Waals surface area contributed by atoms with E-state index >= 15 is 0 Å². The Labute approximate surface area is 157 Å². The standard InChI is InChI=1S/C17H17F3N4O2S/c1-10(23-8-4-5-9-23)13(14(25)17(18,19)20)15(26)24(21)16-22-11-6-2-3-7-12(11)27-16/h2-3,6-7H,4-5,8-9,21H2,1H3. The Hall–Kier alpha value is -2.46. The zero-order chi connectivity index (χ0) is 19.8. The van der Waals surface area contributed by atoms with Crippen LogP contribution >= 0.6 is 11.3 Å². The molecular weight excluding hydrogens is 381 g/mol. The molecule has 0 atom stereocenters. The molecule has 1 saturated heterocycles. The molecule has 2 aromatic rings. The molecule has 0 radical (unpaired) electrons. The topological polar surface area (TPSA) is 79.5 Å². The minimum Gasteiger partial charge on any atom is -0.374 e. The number of carbonyl (C=O) groups is 2. The maximum Gasteiger partial charge on any atom is 0.455 e. The molecule has 0 bridgehead atoms. The highest BCUT2D eigenvalue weighted by Gasteiger charge is 2.45. The van der Waals surface area contributed by atoms with E-state index in [1.165, 1.54) is 6.92 Å². The summed E-state index contributed by atoms with van der Waals surface area (Å²) in [7, 11) is 0. The third-order valence-electron chi connectivity index (χ3n) is 4.35. The fraction of sp³-hybridized carbons (Fsp3) is 0.353. The number of amides is 1. The number of thiazole rings is 1. The van der Waals surface area contributed by atoms with E-state index in [0.29, 0.717) is 23.6 Å². The van der Waals surface area contributed by atoms with Crippen LogP contribution in [0, 0.1) is 0 Å². The normalized spacial score (nSPS) is 15.8. The Bertz CT molecular complexity index is 883. The van der Waals surface area contributed by atoms with Crippen LogP contribution in [0.25, 0.3) is 10.2 Å². The molecule has 0 saturated carbocycles. The van der Waals surface area contributed by atoms with Crippen molar-refractivity contribution in [2.24, 2.45) is 5.84 Å². The van der Waals surface area contributed by atoms with Gasteiger partial charge in [-0.15, -0.1) is 0 Å². The number of hydrogen-bond donors (Lipinski definition) is 1. The summed E-state index contributed by atoms with van der Waals surface area (Å²) in [5.74, 6) is 2.36. The number of carbonyl (C=O) groups excluding carboxylic acids is 2. The quantitative estimate of drug-likeness (QED) is 0.214. The number of hydrazine groups is 1. The first kappa shape index (κ1) is 19.3. The summed E-state index contributed by atoms with van der Waals surface area (Å²) >= 11 is 1.05. The van der Waals surface area contributed by atoms with E-state index in [4.69, 9.17) is 5.84 Å². The molecule has 1 aromatic heterocycles. The second-order valence-electron chi connectivity index (χ2n) is 6.12. The van der Waals surface area contributed by atoms with E-state index in [1.807, 2.05) is 0 Å². The highest BCUT2D eigenvalue weighted by Crippen LogP contribution is 2.31. The first-order valence-electron chi connectivity index (χ1n) is 8.22. The first-order chi connectivity index (χ1) is 12.7. The summed E-state index contributed by atoms with van der Waals surface area (Å²) in [6, 6.07) is 6.95. The maximum absolute atomic E-state index is 13.1. The Morgan fingerprint density at radius 3 is 2.44 bits per heavy atom. The maximum atomic E-state index is 13.1. The Morgan fingerprint density at radius 2 is 1.85 bits per heavy atom. The molecule has 27 heavy (non-hydrogen) atoms. The molecule has 0 unspecified atom stereocenters. The number of fused-ring (bicyclic) bond motifs is 1. The molecule has 1 aliphatic rings. The summed E-state index contributed by atoms with van der Waals surface area (Å²) < 4.78 is 40.1. The van der Waals surface area contributed by atoms with E-state index in [-0.39, 0.29) is 10.8 Å². The van der Waals surface area contributed by atoms with Gasteiger partial charge >= 0.3 is 6.18 Å². The zero-order valence-electron chi connectivity index (χ0n) is 14.4. The number of hydrogen-bond acceptors (Lipinski definition) is 6. The molecule has 3 rings (SSSR count). The van der Waals surface area contributed by atoms with Gasteiger partial charge in [-0.3, -0.25) is 9.59 Å². The predicted molar refractivity (Wildman–Crippen MR) is 95.9 cm³/mol. The summed E-state index contributed by atoms with van der Waals surface area (Å²) in [6.07, 6.45) is -3.62. The van der Waals surface area contributed by atoms with Gasteiger partial charge < -0.3 is 4.90 Å². The van der Waals surface area contributed by atoms with E-state index in [0.717, 1.165) is 28.9 Å². The molecule has 6 nitrogen and oxygen atoms in total. The first-order valence-corrected chi connectivity index (χ1v) is 9.04. The number of benzene rings is 1. The van der Waals surface area contributed by atoms with Gasteiger partial charge in [-0.2, -0.15) is 13.2 Å². The van der Waals surface area contributed by atoms with Crippen LogP contribution in [0.15, 0.2) is 35.5 Å². The number of alkyl halides is 3. The van der Waals surface area contributed by atoms with Crippen molar-refractivity contribution in [3.63, 3.8) is 0 Å². The number of aromatic nitrogens is 1. The number of rotatable bonds is 4. The molecule has 1 aromatic carbocycles. The minimum atomic E-state index is -5.18. The van der Waals surface area contributed by atoms with Crippen LogP contribution in [-0.4, -0.2) is 40.8 Å². The van der Waals surface area contributed by atoms with Gasteiger partial charge in [0.25, 0.3) is 11.7 Å². The van der Waals surface area contributed by atoms with Crippen molar-refractivity contribution in [1.29, 1.82) is 0 Å². The van der Waals surface area contributed by atoms with Gasteiger partial charge in [0.1, 0.15) is 5.57 Å². The largest absolute Gasteiger partial charge is 0.455 e. The van der Waals surface area contributed by atoms with Gasteiger partial charge in [-0.25, -0.2) is 15.8 Å². The molecular formula is C17H17F3N4O2S.